The zero-order chi connectivity index (χ0) is 44.5. The van der Waals surface area contributed by atoms with Crippen LogP contribution in [0.25, 0.3) is 22.3 Å². The van der Waals surface area contributed by atoms with Gasteiger partial charge in [0.2, 0.25) is 0 Å². The highest BCUT2D eigenvalue weighted by atomic mass is 16.5. The number of hydrogen-bond donors (Lipinski definition) is 0. The topological polar surface area (TPSA) is 123 Å². The van der Waals surface area contributed by atoms with Gasteiger partial charge in [-0.2, -0.15) is 0 Å². The van der Waals surface area contributed by atoms with E-state index >= 15 is 0 Å². The van der Waals surface area contributed by atoms with E-state index in [0.717, 1.165) is 45.0 Å². The number of hydrogen-bond acceptors (Lipinski definition) is 12. The number of fused-ring (bicyclic) bond motifs is 4. The molecule has 8 bridgehead atoms. The molecule has 12 nitrogen and oxygen atoms in total. The molecule has 0 aliphatic carbocycles. The molecular weight excluding hydrogens is 809 g/mol. The summed E-state index contributed by atoms with van der Waals surface area (Å²) in [6.45, 7) is 0. The first-order valence-corrected chi connectivity index (χ1v) is 20.3. The molecule has 12 heteroatoms. The van der Waals surface area contributed by atoms with E-state index in [0.29, 0.717) is 91.2 Å². The van der Waals surface area contributed by atoms with Crippen LogP contribution in [-0.2, 0) is 0 Å². The third-order valence-corrected chi connectivity index (χ3v) is 11.2. The number of rotatable bonds is 12. The normalized spacial score (nSPS) is 16.0. The van der Waals surface area contributed by atoms with Crippen LogP contribution in [-0.4, -0.2) is 79.7 Å². The average molecular weight is 853 g/mol. The Hall–Kier alpha value is -8.12. The van der Waals surface area contributed by atoms with Gasteiger partial charge in [-0.15, -0.1) is 0 Å². The van der Waals surface area contributed by atoms with Crippen molar-refractivity contribution in [1.82, 2.24) is 0 Å². The molecule has 4 aromatic carbocycles. The lowest BCUT2D eigenvalue weighted by molar-refractivity contribution is 0.393. The third-order valence-electron chi connectivity index (χ3n) is 11.2. The summed E-state index contributed by atoms with van der Waals surface area (Å²) < 4.78 is 47.4. The highest BCUT2D eigenvalue weighted by Crippen LogP contribution is 2.52. The van der Waals surface area contributed by atoms with E-state index < -0.39 is 0 Å². The fourth-order valence-electron chi connectivity index (χ4n) is 8.16. The second-order valence-electron chi connectivity index (χ2n) is 14.7. The number of nitrogens with zero attached hydrogens (tertiary/aromatic N) is 4. The van der Waals surface area contributed by atoms with E-state index in [4.69, 9.17) is 57.9 Å². The average Bonchev–Trinajstić information content (AvgIpc) is 4.15. The lowest BCUT2D eigenvalue weighted by Gasteiger charge is -2.21. The fraction of sp³-hybridized carbons (Fsp3) is 0.154. The zero-order valence-corrected chi connectivity index (χ0v) is 36.6. The van der Waals surface area contributed by atoms with Gasteiger partial charge in [-0.25, -0.2) is 20.0 Å². The molecule has 0 spiro atoms. The zero-order valence-electron chi connectivity index (χ0n) is 36.6. The van der Waals surface area contributed by atoms with Crippen molar-refractivity contribution in [2.75, 3.05) is 56.9 Å². The van der Waals surface area contributed by atoms with Crippen molar-refractivity contribution in [3.8, 4) is 46.0 Å². The predicted molar refractivity (Wildman–Crippen MR) is 252 cm³/mol. The van der Waals surface area contributed by atoms with E-state index in [-0.39, 0.29) is 0 Å². The molecule has 0 saturated carbocycles. The van der Waals surface area contributed by atoms with Gasteiger partial charge >= 0.3 is 0 Å². The summed E-state index contributed by atoms with van der Waals surface area (Å²) in [4.78, 5) is 21.1. The number of ether oxygens (including phenoxy) is 8. The molecule has 5 aliphatic heterocycles. The molecule has 0 fully saturated rings. The molecule has 4 aromatic rings. The van der Waals surface area contributed by atoms with E-state index in [2.05, 4.69) is 0 Å². The van der Waals surface area contributed by atoms with Crippen LogP contribution in [0.15, 0.2) is 164 Å². The Balaban J connectivity index is 1.50. The van der Waals surface area contributed by atoms with E-state index in [1.807, 2.05) is 121 Å². The maximum atomic E-state index is 6.22. The summed E-state index contributed by atoms with van der Waals surface area (Å²) in [5.41, 5.74) is 11.1. The molecule has 64 heavy (non-hydrogen) atoms. The van der Waals surface area contributed by atoms with Crippen LogP contribution in [0.2, 0.25) is 0 Å². The minimum Gasteiger partial charge on any atom is -0.497 e. The number of aliphatic imine (C=N–C) groups is 4. The Kier molecular flexibility index (Phi) is 11.2. The number of allylic oxidation sites excluding steroid dienone is 12. The Morgan fingerprint density at radius 3 is 1.25 bits per heavy atom. The Labute approximate surface area is 371 Å². The van der Waals surface area contributed by atoms with Crippen molar-refractivity contribution >= 4 is 45.1 Å². The van der Waals surface area contributed by atoms with Crippen LogP contribution in [0.1, 0.15) is 22.3 Å². The van der Waals surface area contributed by atoms with Crippen LogP contribution in [0.3, 0.4) is 0 Å². The van der Waals surface area contributed by atoms with E-state index in [1.54, 1.807) is 56.9 Å². The summed E-state index contributed by atoms with van der Waals surface area (Å²) in [5.74, 6) is 4.69. The standard InChI is InChI=1S/C52H44N4O8/c1-57-34-13-17-38(44(25-34)61-5)42-23-33-22-31-10-9-29(53-31)21-30-11-12-32(54-30)24-43-48(39-18-14-35(58-2)26-45(39)62-6)49(40-19-15-36(59-3)27-46(40)63-7)52(56-43)50(51(42)55-33)41-20-16-37(60-4)28-47(41)64-8/h9-28H,1-8H3. The number of methoxy groups -OCH3 is 8. The lowest BCUT2D eigenvalue weighted by Crippen LogP contribution is -2.09. The molecule has 0 amide bonds. The van der Waals surface area contributed by atoms with Gasteiger partial charge in [0, 0.05) is 68.8 Å². The largest absolute Gasteiger partial charge is 0.497 e. The monoisotopic (exact) mass is 852 g/mol. The van der Waals surface area contributed by atoms with Crippen molar-refractivity contribution in [2.24, 2.45) is 20.0 Å². The molecule has 320 valence electrons. The first kappa shape index (κ1) is 41.2. The minimum absolute atomic E-state index is 0.523. The van der Waals surface area contributed by atoms with E-state index in [9.17, 15) is 0 Å². The first-order valence-electron chi connectivity index (χ1n) is 20.3. The molecule has 0 saturated heterocycles. The number of benzene rings is 4. The summed E-state index contributed by atoms with van der Waals surface area (Å²) in [7, 11) is 13.0. The molecule has 5 heterocycles. The van der Waals surface area contributed by atoms with Crippen molar-refractivity contribution in [1.29, 1.82) is 0 Å². The SMILES string of the molecule is COc1ccc(C2=CC3=CC4=NC(=CC5=NC(=CC6=NC(=C(c7ccc(OC)cc7OC)C2=N3)C(c2ccc(OC)cc2OC)=C6c2ccc(OC)cc2OC)C=C5)C=C4)c(OC)c1. The molecular formula is C52H44N4O8. The maximum Gasteiger partial charge on any atom is 0.130 e. The van der Waals surface area contributed by atoms with Gasteiger partial charge in [-0.05, 0) is 97.1 Å². The molecule has 9 rings (SSSR count). The second-order valence-corrected chi connectivity index (χ2v) is 14.7. The van der Waals surface area contributed by atoms with Gasteiger partial charge in [0.25, 0.3) is 0 Å². The minimum atomic E-state index is 0.523. The molecule has 0 atom stereocenters. The summed E-state index contributed by atoms with van der Waals surface area (Å²) in [5, 5.41) is 0. The van der Waals surface area contributed by atoms with Crippen LogP contribution in [0.5, 0.6) is 46.0 Å². The quantitative estimate of drug-likeness (QED) is 0.138. The Morgan fingerprint density at radius 1 is 0.344 bits per heavy atom. The van der Waals surface area contributed by atoms with Crippen molar-refractivity contribution in [2.45, 2.75) is 0 Å². The predicted octanol–water partition coefficient (Wildman–Crippen LogP) is 9.76. The van der Waals surface area contributed by atoms with Crippen molar-refractivity contribution in [3.05, 3.63) is 166 Å². The van der Waals surface area contributed by atoms with Gasteiger partial charge in [-0.3, -0.25) is 0 Å². The van der Waals surface area contributed by atoms with Crippen LogP contribution < -0.4 is 37.9 Å². The molecule has 5 aliphatic rings. The maximum absolute atomic E-state index is 6.22. The van der Waals surface area contributed by atoms with Gasteiger partial charge in [0.05, 0.1) is 103 Å². The third kappa shape index (κ3) is 7.48. The Morgan fingerprint density at radius 2 is 0.766 bits per heavy atom. The highest BCUT2D eigenvalue weighted by molar-refractivity contribution is 6.51. The van der Waals surface area contributed by atoms with Gasteiger partial charge < -0.3 is 37.9 Å². The molecule has 0 radical (unpaired) electrons. The van der Waals surface area contributed by atoms with Gasteiger partial charge in [0.1, 0.15) is 46.0 Å². The summed E-state index contributed by atoms with van der Waals surface area (Å²) in [6.07, 6.45) is 15.8. The first-order chi connectivity index (χ1) is 31.3. The van der Waals surface area contributed by atoms with Crippen molar-refractivity contribution in [3.63, 3.8) is 0 Å². The molecule has 0 unspecified atom stereocenters. The summed E-state index contributed by atoms with van der Waals surface area (Å²) >= 11 is 0. The smallest absolute Gasteiger partial charge is 0.130 e. The fourth-order valence-corrected chi connectivity index (χ4v) is 8.16. The summed E-state index contributed by atoms with van der Waals surface area (Å²) in [6, 6.07) is 22.9. The molecule has 0 aromatic heterocycles. The van der Waals surface area contributed by atoms with Crippen LogP contribution in [0.4, 0.5) is 0 Å². The van der Waals surface area contributed by atoms with Crippen molar-refractivity contribution < 1.29 is 37.9 Å². The Bertz CT molecular complexity index is 3020. The molecule has 0 N–H and O–H groups in total. The van der Waals surface area contributed by atoms with Crippen LogP contribution in [0, 0.1) is 0 Å². The van der Waals surface area contributed by atoms with Gasteiger partial charge in [0.15, 0.2) is 0 Å². The lowest BCUT2D eigenvalue weighted by atomic mass is 9.85. The van der Waals surface area contributed by atoms with Gasteiger partial charge in [-0.1, -0.05) is 0 Å². The van der Waals surface area contributed by atoms with Crippen LogP contribution >= 0.6 is 0 Å². The van der Waals surface area contributed by atoms with E-state index in [1.165, 1.54) is 0 Å². The second kappa shape index (κ2) is 17.3. The highest BCUT2D eigenvalue weighted by Gasteiger charge is 2.37.